The SMILES string of the molecule is CNCC1CC2CC2N1c1cncc(OC)c1. The van der Waals surface area contributed by atoms with Crippen LogP contribution in [0.3, 0.4) is 0 Å². The molecule has 3 unspecified atom stereocenters. The lowest BCUT2D eigenvalue weighted by Gasteiger charge is -2.29. The number of anilines is 1. The lowest BCUT2D eigenvalue weighted by atomic mass is 10.1. The number of hydrogen-bond acceptors (Lipinski definition) is 4. The molecule has 3 rings (SSSR count). The highest BCUT2D eigenvalue weighted by Gasteiger charge is 2.51. The van der Waals surface area contributed by atoms with E-state index in [1.807, 2.05) is 13.2 Å². The molecule has 2 heterocycles. The summed E-state index contributed by atoms with van der Waals surface area (Å²) < 4.78 is 5.25. The zero-order chi connectivity index (χ0) is 11.8. The summed E-state index contributed by atoms with van der Waals surface area (Å²) in [5.41, 5.74) is 1.20. The summed E-state index contributed by atoms with van der Waals surface area (Å²) in [7, 11) is 3.71. The number of hydrogen-bond donors (Lipinski definition) is 1. The minimum Gasteiger partial charge on any atom is -0.495 e. The van der Waals surface area contributed by atoms with Gasteiger partial charge in [0.2, 0.25) is 0 Å². The summed E-state index contributed by atoms with van der Waals surface area (Å²) in [6, 6.07) is 3.44. The van der Waals surface area contributed by atoms with Gasteiger partial charge in [-0.2, -0.15) is 0 Å². The van der Waals surface area contributed by atoms with E-state index in [4.69, 9.17) is 4.74 Å². The van der Waals surface area contributed by atoms with Gasteiger partial charge in [-0.25, -0.2) is 0 Å². The van der Waals surface area contributed by atoms with Crippen LogP contribution in [-0.2, 0) is 0 Å². The van der Waals surface area contributed by atoms with Gasteiger partial charge in [-0.3, -0.25) is 4.98 Å². The van der Waals surface area contributed by atoms with Gasteiger partial charge in [0.25, 0.3) is 0 Å². The molecule has 4 heteroatoms. The van der Waals surface area contributed by atoms with Crippen LogP contribution in [0.2, 0.25) is 0 Å². The molecule has 0 amide bonds. The number of nitrogens with one attached hydrogen (secondary N) is 1. The summed E-state index contributed by atoms with van der Waals surface area (Å²) in [5.74, 6) is 1.74. The fourth-order valence-electron chi connectivity index (χ4n) is 3.04. The maximum Gasteiger partial charge on any atom is 0.139 e. The van der Waals surface area contributed by atoms with E-state index < -0.39 is 0 Å². The van der Waals surface area contributed by atoms with Crippen molar-refractivity contribution in [3.05, 3.63) is 18.5 Å². The van der Waals surface area contributed by atoms with Crippen LogP contribution >= 0.6 is 0 Å². The highest BCUT2D eigenvalue weighted by molar-refractivity contribution is 5.53. The largest absolute Gasteiger partial charge is 0.495 e. The van der Waals surface area contributed by atoms with Crippen molar-refractivity contribution in [3.63, 3.8) is 0 Å². The first-order valence-electron chi connectivity index (χ1n) is 6.25. The molecule has 0 bridgehead atoms. The number of methoxy groups -OCH3 is 1. The molecule has 0 spiro atoms. The fourth-order valence-corrected chi connectivity index (χ4v) is 3.04. The van der Waals surface area contributed by atoms with Crippen molar-refractivity contribution in [2.45, 2.75) is 24.9 Å². The molecule has 2 fully saturated rings. The first-order valence-corrected chi connectivity index (χ1v) is 6.25. The number of likely N-dealkylation sites (N-methyl/N-ethyl adjacent to an activating group) is 1. The van der Waals surface area contributed by atoms with E-state index >= 15 is 0 Å². The maximum atomic E-state index is 5.25. The van der Waals surface area contributed by atoms with Crippen LogP contribution in [-0.4, -0.2) is 37.8 Å². The van der Waals surface area contributed by atoms with E-state index in [2.05, 4.69) is 21.3 Å². The third-order valence-corrected chi connectivity index (χ3v) is 3.88. The molecule has 17 heavy (non-hydrogen) atoms. The Morgan fingerprint density at radius 2 is 2.35 bits per heavy atom. The molecule has 1 aliphatic carbocycles. The molecule has 3 atom stereocenters. The van der Waals surface area contributed by atoms with Crippen molar-refractivity contribution >= 4 is 5.69 Å². The fraction of sp³-hybridized carbons (Fsp3) is 0.615. The Hall–Kier alpha value is -1.29. The smallest absolute Gasteiger partial charge is 0.139 e. The predicted molar refractivity (Wildman–Crippen MR) is 67.5 cm³/mol. The molecule has 1 aliphatic heterocycles. The van der Waals surface area contributed by atoms with E-state index in [1.165, 1.54) is 18.5 Å². The maximum absolute atomic E-state index is 5.25. The van der Waals surface area contributed by atoms with Gasteiger partial charge in [0.1, 0.15) is 5.75 Å². The van der Waals surface area contributed by atoms with Crippen LogP contribution in [0.25, 0.3) is 0 Å². The molecule has 92 valence electrons. The van der Waals surface area contributed by atoms with Crippen LogP contribution in [0.15, 0.2) is 18.5 Å². The Kier molecular flexibility index (Phi) is 2.67. The van der Waals surface area contributed by atoms with E-state index in [9.17, 15) is 0 Å². The Morgan fingerprint density at radius 1 is 1.47 bits per heavy atom. The molecule has 4 nitrogen and oxygen atoms in total. The molecular weight excluding hydrogens is 214 g/mol. The van der Waals surface area contributed by atoms with Crippen LogP contribution in [0.1, 0.15) is 12.8 Å². The second-order valence-electron chi connectivity index (χ2n) is 5.00. The Morgan fingerprint density at radius 3 is 3.12 bits per heavy atom. The van der Waals surface area contributed by atoms with Gasteiger partial charge < -0.3 is 15.0 Å². The van der Waals surface area contributed by atoms with Gasteiger partial charge in [0, 0.05) is 24.7 Å². The lowest BCUT2D eigenvalue weighted by molar-refractivity contribution is 0.412. The van der Waals surface area contributed by atoms with Crippen LogP contribution in [0, 0.1) is 5.92 Å². The van der Waals surface area contributed by atoms with Gasteiger partial charge in [0.15, 0.2) is 0 Å². The van der Waals surface area contributed by atoms with Crippen molar-refractivity contribution in [3.8, 4) is 5.75 Å². The second kappa shape index (κ2) is 4.18. The van der Waals surface area contributed by atoms with Crippen molar-refractivity contribution in [1.82, 2.24) is 10.3 Å². The molecule has 1 N–H and O–H groups in total. The zero-order valence-electron chi connectivity index (χ0n) is 10.4. The molecule has 0 radical (unpaired) electrons. The number of pyridine rings is 1. The first-order chi connectivity index (χ1) is 8.33. The molecule has 1 saturated carbocycles. The second-order valence-corrected chi connectivity index (χ2v) is 5.00. The predicted octanol–water partition coefficient (Wildman–Crippen LogP) is 1.28. The van der Waals surface area contributed by atoms with Crippen molar-refractivity contribution in [1.29, 1.82) is 0 Å². The quantitative estimate of drug-likeness (QED) is 0.850. The van der Waals surface area contributed by atoms with Crippen molar-refractivity contribution < 1.29 is 4.74 Å². The highest BCUT2D eigenvalue weighted by atomic mass is 16.5. The van der Waals surface area contributed by atoms with Crippen LogP contribution < -0.4 is 15.0 Å². The average molecular weight is 233 g/mol. The number of nitrogens with zero attached hydrogens (tertiary/aromatic N) is 2. The summed E-state index contributed by atoms with van der Waals surface area (Å²) >= 11 is 0. The normalized spacial score (nSPS) is 30.2. The van der Waals surface area contributed by atoms with Gasteiger partial charge in [-0.1, -0.05) is 0 Å². The summed E-state index contributed by atoms with van der Waals surface area (Å²) in [6.45, 7) is 1.05. The van der Waals surface area contributed by atoms with E-state index in [0.717, 1.165) is 24.3 Å². The lowest BCUT2D eigenvalue weighted by Crippen LogP contribution is -2.39. The minimum absolute atomic E-state index is 0.609. The minimum atomic E-state index is 0.609. The van der Waals surface area contributed by atoms with Crippen LogP contribution in [0.5, 0.6) is 5.75 Å². The highest BCUT2D eigenvalue weighted by Crippen LogP contribution is 2.49. The van der Waals surface area contributed by atoms with Crippen LogP contribution in [0.4, 0.5) is 5.69 Å². The van der Waals surface area contributed by atoms with E-state index in [-0.39, 0.29) is 0 Å². The van der Waals surface area contributed by atoms with E-state index in [1.54, 1.807) is 13.3 Å². The molecular formula is C13H19N3O. The number of fused-ring (bicyclic) bond motifs is 1. The number of piperidine rings is 1. The topological polar surface area (TPSA) is 37.4 Å². The number of rotatable bonds is 4. The van der Waals surface area contributed by atoms with Crippen molar-refractivity contribution in [2.75, 3.05) is 25.6 Å². The molecule has 1 aromatic rings. The molecule has 1 saturated heterocycles. The number of ether oxygens (including phenoxy) is 1. The molecule has 0 aromatic carbocycles. The summed E-state index contributed by atoms with van der Waals surface area (Å²) in [5, 5.41) is 3.29. The standard InChI is InChI=1S/C13H19N3O/c1-14-6-10-3-9-4-13(9)16(10)11-5-12(17-2)8-15-7-11/h5,7-10,13-14H,3-4,6H2,1-2H3. The molecule has 2 aliphatic rings. The Bertz CT molecular complexity index is 409. The van der Waals surface area contributed by atoms with Gasteiger partial charge in [-0.05, 0) is 25.8 Å². The van der Waals surface area contributed by atoms with Gasteiger partial charge >= 0.3 is 0 Å². The summed E-state index contributed by atoms with van der Waals surface area (Å²) in [4.78, 5) is 6.78. The third kappa shape index (κ3) is 1.86. The third-order valence-electron chi connectivity index (χ3n) is 3.88. The molecule has 1 aromatic heterocycles. The monoisotopic (exact) mass is 233 g/mol. The average Bonchev–Trinajstić information content (AvgIpc) is 3.02. The zero-order valence-corrected chi connectivity index (χ0v) is 10.4. The number of aromatic nitrogens is 1. The Balaban J connectivity index is 1.85. The summed E-state index contributed by atoms with van der Waals surface area (Å²) in [6.07, 6.45) is 6.36. The van der Waals surface area contributed by atoms with Gasteiger partial charge in [-0.15, -0.1) is 0 Å². The van der Waals surface area contributed by atoms with Gasteiger partial charge in [0.05, 0.1) is 25.2 Å². The first kappa shape index (κ1) is 10.8. The Labute approximate surface area is 102 Å². The van der Waals surface area contributed by atoms with Crippen molar-refractivity contribution in [2.24, 2.45) is 5.92 Å². The van der Waals surface area contributed by atoms with E-state index in [0.29, 0.717) is 6.04 Å².